The van der Waals surface area contributed by atoms with Gasteiger partial charge in [-0.25, -0.2) is 9.59 Å². The molecule has 0 atom stereocenters. The molecule has 0 spiro atoms. The number of aliphatic hydroxyl groups excluding tert-OH is 1. The quantitative estimate of drug-likeness (QED) is 0.143. The topological polar surface area (TPSA) is 72.8 Å². The SMILES string of the molecule is CCCCCCCCCCCCCC/C(C(=O)OC)=C(/O)C(=O)OCC.[Na+]. The molecule has 0 aromatic heterocycles. The molecule has 152 valence electrons. The van der Waals surface area contributed by atoms with Crippen LogP contribution < -0.4 is 29.6 Å². The fraction of sp³-hybridized carbons (Fsp3) is 0.810. The Bertz CT molecular complexity index is 421. The number of hydrogen-bond acceptors (Lipinski definition) is 5. The second kappa shape index (κ2) is 20.2. The summed E-state index contributed by atoms with van der Waals surface area (Å²) >= 11 is 0. The van der Waals surface area contributed by atoms with E-state index < -0.39 is 17.7 Å². The Morgan fingerprint density at radius 2 is 1.19 bits per heavy atom. The normalized spacial score (nSPS) is 11.4. The van der Waals surface area contributed by atoms with E-state index in [1.807, 2.05) is 0 Å². The number of aliphatic hydroxyl groups is 1. The summed E-state index contributed by atoms with van der Waals surface area (Å²) < 4.78 is 9.39. The fourth-order valence-electron chi connectivity index (χ4n) is 2.91. The van der Waals surface area contributed by atoms with Crippen molar-refractivity contribution in [2.45, 2.75) is 97.3 Å². The number of ether oxygens (including phenoxy) is 2. The third kappa shape index (κ3) is 15.1. The number of carbonyl (C=O) groups excluding carboxylic acids is 2. The third-order valence-electron chi connectivity index (χ3n) is 4.47. The first-order chi connectivity index (χ1) is 12.6. The molecule has 0 rings (SSSR count). The van der Waals surface area contributed by atoms with Crippen LogP contribution in [0.1, 0.15) is 97.3 Å². The van der Waals surface area contributed by atoms with Crippen molar-refractivity contribution in [2.24, 2.45) is 0 Å². The van der Waals surface area contributed by atoms with E-state index in [0.717, 1.165) is 19.3 Å². The minimum Gasteiger partial charge on any atom is -0.501 e. The smallest absolute Gasteiger partial charge is 0.501 e. The first-order valence-corrected chi connectivity index (χ1v) is 10.3. The van der Waals surface area contributed by atoms with Crippen LogP contribution in [0.5, 0.6) is 0 Å². The van der Waals surface area contributed by atoms with E-state index in [1.54, 1.807) is 6.92 Å². The van der Waals surface area contributed by atoms with E-state index in [2.05, 4.69) is 11.7 Å². The molecule has 5 nitrogen and oxygen atoms in total. The number of hydrogen-bond donors (Lipinski definition) is 1. The predicted molar refractivity (Wildman–Crippen MR) is 104 cm³/mol. The van der Waals surface area contributed by atoms with Gasteiger partial charge in [-0.05, 0) is 19.8 Å². The van der Waals surface area contributed by atoms with Gasteiger partial charge < -0.3 is 14.6 Å². The van der Waals surface area contributed by atoms with Gasteiger partial charge in [-0.2, -0.15) is 0 Å². The summed E-state index contributed by atoms with van der Waals surface area (Å²) in [5, 5.41) is 9.89. The van der Waals surface area contributed by atoms with Crippen LogP contribution in [0.15, 0.2) is 11.3 Å². The number of carbonyl (C=O) groups is 2. The van der Waals surface area contributed by atoms with Gasteiger partial charge in [-0.15, -0.1) is 0 Å². The Balaban J connectivity index is 0. The zero-order chi connectivity index (χ0) is 19.6. The minimum absolute atomic E-state index is 0. The molecule has 0 aliphatic heterocycles. The second-order valence-corrected chi connectivity index (χ2v) is 6.68. The zero-order valence-corrected chi connectivity index (χ0v) is 20.0. The van der Waals surface area contributed by atoms with Crippen LogP contribution in [0, 0.1) is 0 Å². The Morgan fingerprint density at radius 1 is 0.741 bits per heavy atom. The summed E-state index contributed by atoms with van der Waals surface area (Å²) in [6.07, 6.45) is 14.9. The molecular weight excluding hydrogens is 355 g/mol. The van der Waals surface area contributed by atoms with Crippen molar-refractivity contribution in [3.8, 4) is 0 Å². The molecule has 0 fully saturated rings. The van der Waals surface area contributed by atoms with E-state index in [9.17, 15) is 14.7 Å². The van der Waals surface area contributed by atoms with Crippen molar-refractivity contribution in [1.29, 1.82) is 0 Å². The molecule has 0 radical (unpaired) electrons. The van der Waals surface area contributed by atoms with E-state index in [-0.39, 0.29) is 41.7 Å². The molecule has 0 saturated carbocycles. The average molecular weight is 394 g/mol. The van der Waals surface area contributed by atoms with Crippen molar-refractivity contribution >= 4 is 11.9 Å². The van der Waals surface area contributed by atoms with Crippen LogP contribution >= 0.6 is 0 Å². The first-order valence-electron chi connectivity index (χ1n) is 10.3. The summed E-state index contributed by atoms with van der Waals surface area (Å²) in [4.78, 5) is 23.3. The van der Waals surface area contributed by atoms with Crippen LogP contribution in [0.2, 0.25) is 0 Å². The summed E-state index contributed by atoms with van der Waals surface area (Å²) in [6, 6.07) is 0. The summed E-state index contributed by atoms with van der Waals surface area (Å²) in [6.45, 7) is 4.03. The van der Waals surface area contributed by atoms with Crippen molar-refractivity contribution in [1.82, 2.24) is 0 Å². The van der Waals surface area contributed by atoms with Crippen molar-refractivity contribution in [2.75, 3.05) is 13.7 Å². The Labute approximate surface area is 187 Å². The number of rotatable bonds is 16. The number of esters is 2. The van der Waals surface area contributed by atoms with Gasteiger partial charge in [0, 0.05) is 0 Å². The van der Waals surface area contributed by atoms with Crippen LogP contribution in [0.3, 0.4) is 0 Å². The van der Waals surface area contributed by atoms with Gasteiger partial charge in [-0.1, -0.05) is 77.6 Å². The van der Waals surface area contributed by atoms with Crippen LogP contribution in [0.25, 0.3) is 0 Å². The van der Waals surface area contributed by atoms with E-state index >= 15 is 0 Å². The number of unbranched alkanes of at least 4 members (excludes halogenated alkanes) is 11. The molecule has 27 heavy (non-hydrogen) atoms. The third-order valence-corrected chi connectivity index (χ3v) is 4.47. The van der Waals surface area contributed by atoms with Gasteiger partial charge in [0.25, 0.3) is 0 Å². The van der Waals surface area contributed by atoms with Crippen LogP contribution in [-0.4, -0.2) is 30.8 Å². The molecule has 6 heteroatoms. The molecule has 0 aromatic rings. The maximum absolute atomic E-state index is 11.7. The Hall–Kier alpha value is -0.520. The predicted octanol–water partition coefficient (Wildman–Crippen LogP) is 2.63. The first kappa shape index (κ1) is 28.7. The molecule has 0 amide bonds. The van der Waals surface area contributed by atoms with Gasteiger partial charge in [0.15, 0.2) is 0 Å². The van der Waals surface area contributed by atoms with Crippen molar-refractivity contribution < 1.29 is 53.7 Å². The minimum atomic E-state index is -0.869. The van der Waals surface area contributed by atoms with E-state index in [4.69, 9.17) is 4.74 Å². The molecule has 0 heterocycles. The molecule has 0 saturated heterocycles. The molecular formula is C21H38NaO5+. The monoisotopic (exact) mass is 393 g/mol. The fourth-order valence-corrected chi connectivity index (χ4v) is 2.91. The van der Waals surface area contributed by atoms with Gasteiger partial charge in [0.2, 0.25) is 5.76 Å². The van der Waals surface area contributed by atoms with E-state index in [1.165, 1.54) is 64.9 Å². The Morgan fingerprint density at radius 3 is 1.59 bits per heavy atom. The molecule has 0 aliphatic rings. The standard InChI is InChI=1S/C21H38O5.Na/c1-4-6-7-8-9-10-11-12-13-14-15-16-17-18(20(23)25-3)19(22)21(24)26-5-2;/h22H,4-17H2,1-3H3;/q;+1/b19-18-;. The van der Waals surface area contributed by atoms with Gasteiger partial charge in [-0.3, -0.25) is 0 Å². The summed E-state index contributed by atoms with van der Waals surface area (Å²) in [7, 11) is 1.24. The molecule has 0 bridgehead atoms. The van der Waals surface area contributed by atoms with Gasteiger partial charge >= 0.3 is 41.5 Å². The molecule has 0 aromatic carbocycles. The summed E-state index contributed by atoms with van der Waals surface area (Å²) in [5.41, 5.74) is 0.0121. The maximum atomic E-state index is 11.7. The van der Waals surface area contributed by atoms with Crippen LogP contribution in [0.4, 0.5) is 0 Å². The average Bonchev–Trinajstić information content (AvgIpc) is 2.64. The zero-order valence-electron chi connectivity index (χ0n) is 18.0. The second-order valence-electron chi connectivity index (χ2n) is 6.68. The van der Waals surface area contributed by atoms with Crippen molar-refractivity contribution in [3.63, 3.8) is 0 Å². The Kier molecular flexibility index (Phi) is 21.5. The number of methoxy groups -OCH3 is 1. The van der Waals surface area contributed by atoms with Crippen molar-refractivity contribution in [3.05, 3.63) is 11.3 Å². The molecule has 1 N–H and O–H groups in total. The summed E-state index contributed by atoms with van der Waals surface area (Å²) in [5.74, 6) is -2.16. The maximum Gasteiger partial charge on any atom is 1.00 e. The van der Waals surface area contributed by atoms with E-state index in [0.29, 0.717) is 6.42 Å². The van der Waals surface area contributed by atoms with Gasteiger partial charge in [0.1, 0.15) is 0 Å². The molecule has 0 aliphatic carbocycles. The van der Waals surface area contributed by atoms with Crippen LogP contribution in [-0.2, 0) is 19.1 Å². The van der Waals surface area contributed by atoms with Gasteiger partial charge in [0.05, 0.1) is 19.3 Å². The molecule has 0 unspecified atom stereocenters. The largest absolute Gasteiger partial charge is 1.00 e.